The lowest BCUT2D eigenvalue weighted by Gasteiger charge is -2.10. The minimum Gasteiger partial charge on any atom is -0.265 e. The molecule has 0 aliphatic carbocycles. The van der Waals surface area contributed by atoms with Crippen LogP contribution in [0.5, 0.6) is 0 Å². The van der Waals surface area contributed by atoms with Crippen LogP contribution in [0, 0.1) is 0 Å². The van der Waals surface area contributed by atoms with Crippen molar-refractivity contribution in [1.82, 2.24) is 15.0 Å². The summed E-state index contributed by atoms with van der Waals surface area (Å²) in [6.07, 6.45) is 7.28. The third kappa shape index (κ3) is 2.42. The van der Waals surface area contributed by atoms with Crippen LogP contribution in [0.15, 0.2) is 91.5 Å². The fourth-order valence-corrected chi connectivity index (χ4v) is 3.40. The van der Waals surface area contributed by atoms with Gasteiger partial charge in [-0.25, -0.2) is 0 Å². The van der Waals surface area contributed by atoms with E-state index in [1.54, 1.807) is 0 Å². The summed E-state index contributed by atoms with van der Waals surface area (Å²) in [6.45, 7) is 0. The van der Waals surface area contributed by atoms with E-state index < -0.39 is 0 Å². The van der Waals surface area contributed by atoms with Crippen LogP contribution in [0.4, 0.5) is 0 Å². The first-order valence-corrected chi connectivity index (χ1v) is 8.53. The predicted molar refractivity (Wildman–Crippen MR) is 106 cm³/mol. The first-order chi connectivity index (χ1) is 12.9. The molecule has 0 amide bonds. The molecule has 122 valence electrons. The van der Waals surface area contributed by atoms with Gasteiger partial charge in [-0.15, -0.1) is 0 Å². The molecule has 3 heteroatoms. The number of aromatic nitrogens is 3. The summed E-state index contributed by atoms with van der Waals surface area (Å²) < 4.78 is 0. The lowest BCUT2D eigenvalue weighted by molar-refractivity contribution is 1.33. The van der Waals surface area contributed by atoms with Crippen LogP contribution < -0.4 is 0 Å². The Morgan fingerprint density at radius 1 is 0.538 bits per heavy atom. The van der Waals surface area contributed by atoms with Gasteiger partial charge in [0.1, 0.15) is 0 Å². The van der Waals surface area contributed by atoms with E-state index in [-0.39, 0.29) is 0 Å². The summed E-state index contributed by atoms with van der Waals surface area (Å²) in [6, 6.07) is 23.0. The minimum absolute atomic E-state index is 0.943. The van der Waals surface area contributed by atoms with Crippen LogP contribution in [0.2, 0.25) is 0 Å². The van der Waals surface area contributed by atoms with Crippen LogP contribution >= 0.6 is 0 Å². The van der Waals surface area contributed by atoms with Crippen molar-refractivity contribution in [3.8, 4) is 22.3 Å². The molecule has 0 unspecified atom stereocenters. The molecule has 0 atom stereocenters. The molecule has 0 aliphatic rings. The topological polar surface area (TPSA) is 38.7 Å². The quantitative estimate of drug-likeness (QED) is 0.400. The third-order valence-corrected chi connectivity index (χ3v) is 4.67. The highest BCUT2D eigenvalue weighted by atomic mass is 14.7. The maximum absolute atomic E-state index is 4.59. The Morgan fingerprint density at radius 2 is 1.19 bits per heavy atom. The zero-order valence-electron chi connectivity index (χ0n) is 14.0. The summed E-state index contributed by atoms with van der Waals surface area (Å²) >= 11 is 0. The molecule has 26 heavy (non-hydrogen) atoms. The van der Waals surface area contributed by atoms with Gasteiger partial charge in [0, 0.05) is 35.6 Å². The third-order valence-electron chi connectivity index (χ3n) is 4.67. The molecule has 0 saturated carbocycles. The molecule has 3 nitrogen and oxygen atoms in total. The van der Waals surface area contributed by atoms with E-state index in [1.807, 2.05) is 49.1 Å². The molecule has 0 fully saturated rings. The Bertz CT molecular complexity index is 1210. The van der Waals surface area contributed by atoms with Crippen LogP contribution in [-0.4, -0.2) is 15.0 Å². The van der Waals surface area contributed by atoms with Gasteiger partial charge in [-0.05, 0) is 52.6 Å². The molecule has 2 aromatic carbocycles. The number of pyridine rings is 3. The molecule has 5 aromatic rings. The summed E-state index contributed by atoms with van der Waals surface area (Å²) in [7, 11) is 0. The predicted octanol–water partition coefficient (Wildman–Crippen LogP) is 5.51. The molecule has 0 radical (unpaired) electrons. The maximum Gasteiger partial charge on any atom is 0.0970 e. The highest BCUT2D eigenvalue weighted by Gasteiger charge is 2.10. The van der Waals surface area contributed by atoms with Gasteiger partial charge in [0.05, 0.1) is 11.0 Å². The molecule has 0 saturated heterocycles. The number of rotatable bonds is 2. The Morgan fingerprint density at radius 3 is 2.00 bits per heavy atom. The number of hydrogen-bond acceptors (Lipinski definition) is 3. The first kappa shape index (κ1) is 14.7. The van der Waals surface area contributed by atoms with Gasteiger partial charge < -0.3 is 0 Å². The van der Waals surface area contributed by atoms with Crippen molar-refractivity contribution in [1.29, 1.82) is 0 Å². The summed E-state index contributed by atoms with van der Waals surface area (Å²) in [4.78, 5) is 13.2. The van der Waals surface area contributed by atoms with Crippen molar-refractivity contribution >= 4 is 21.8 Å². The van der Waals surface area contributed by atoms with E-state index in [9.17, 15) is 0 Å². The number of benzene rings is 2. The van der Waals surface area contributed by atoms with Crippen molar-refractivity contribution < 1.29 is 0 Å². The Labute approximate surface area is 151 Å². The minimum atomic E-state index is 0.943. The molecule has 0 N–H and O–H groups in total. The fraction of sp³-hybridized carbons (Fsp3) is 0. The van der Waals surface area contributed by atoms with Crippen molar-refractivity contribution in [3.63, 3.8) is 0 Å². The normalized spacial score (nSPS) is 11.1. The molecular formula is C23H15N3. The average Bonchev–Trinajstić information content (AvgIpc) is 2.74. The molecule has 5 rings (SSSR count). The van der Waals surface area contributed by atoms with Gasteiger partial charge in [-0.3, -0.25) is 15.0 Å². The average molecular weight is 333 g/mol. The smallest absolute Gasteiger partial charge is 0.0970 e. The summed E-state index contributed by atoms with van der Waals surface area (Å²) in [5.74, 6) is 0. The second-order valence-corrected chi connectivity index (χ2v) is 6.21. The van der Waals surface area contributed by atoms with Crippen LogP contribution in [0.1, 0.15) is 0 Å². The van der Waals surface area contributed by atoms with E-state index in [2.05, 4.69) is 57.4 Å². The zero-order chi connectivity index (χ0) is 17.3. The van der Waals surface area contributed by atoms with Gasteiger partial charge in [-0.1, -0.05) is 36.4 Å². The van der Waals surface area contributed by atoms with Gasteiger partial charge in [-0.2, -0.15) is 0 Å². The number of nitrogens with zero attached hydrogens (tertiary/aromatic N) is 3. The van der Waals surface area contributed by atoms with Gasteiger partial charge in [0.15, 0.2) is 0 Å². The SMILES string of the molecule is c1cnc2c(c1)cc(-c1ccc(-c3ccncc3)cc1)c1cccnc12. The van der Waals surface area contributed by atoms with E-state index in [4.69, 9.17) is 0 Å². The van der Waals surface area contributed by atoms with Crippen LogP contribution in [0.3, 0.4) is 0 Å². The molecule has 0 aliphatic heterocycles. The van der Waals surface area contributed by atoms with E-state index in [1.165, 1.54) is 22.3 Å². The largest absolute Gasteiger partial charge is 0.265 e. The monoisotopic (exact) mass is 333 g/mol. The van der Waals surface area contributed by atoms with Gasteiger partial charge >= 0.3 is 0 Å². The highest BCUT2D eigenvalue weighted by molar-refractivity contribution is 6.10. The molecular weight excluding hydrogens is 318 g/mol. The maximum atomic E-state index is 4.59. The van der Waals surface area contributed by atoms with Crippen molar-refractivity contribution in [2.24, 2.45) is 0 Å². The van der Waals surface area contributed by atoms with Crippen LogP contribution in [0.25, 0.3) is 44.1 Å². The summed E-state index contributed by atoms with van der Waals surface area (Å²) in [5, 5.41) is 2.22. The Balaban J connectivity index is 1.71. The molecule has 3 aromatic heterocycles. The fourth-order valence-electron chi connectivity index (χ4n) is 3.40. The van der Waals surface area contributed by atoms with E-state index in [0.29, 0.717) is 0 Å². The standard InChI is InChI=1S/C23H15N3/c1-3-19-15-21(20-4-2-12-26-23(20)22(19)25-11-1)18-7-5-16(6-8-18)17-9-13-24-14-10-17/h1-15H. The second-order valence-electron chi connectivity index (χ2n) is 6.21. The van der Waals surface area contributed by atoms with Crippen molar-refractivity contribution in [2.45, 2.75) is 0 Å². The molecule has 0 spiro atoms. The lowest BCUT2D eigenvalue weighted by Crippen LogP contribution is -1.89. The van der Waals surface area contributed by atoms with Crippen molar-refractivity contribution in [2.75, 3.05) is 0 Å². The van der Waals surface area contributed by atoms with Gasteiger partial charge in [0.25, 0.3) is 0 Å². The molecule has 0 bridgehead atoms. The van der Waals surface area contributed by atoms with Crippen LogP contribution in [-0.2, 0) is 0 Å². The number of hydrogen-bond donors (Lipinski definition) is 0. The lowest BCUT2D eigenvalue weighted by atomic mass is 9.96. The Kier molecular flexibility index (Phi) is 3.42. The zero-order valence-corrected chi connectivity index (χ0v) is 14.0. The first-order valence-electron chi connectivity index (χ1n) is 8.53. The number of fused-ring (bicyclic) bond motifs is 3. The summed E-state index contributed by atoms with van der Waals surface area (Å²) in [5.41, 5.74) is 6.59. The van der Waals surface area contributed by atoms with E-state index >= 15 is 0 Å². The Hall–Kier alpha value is -3.59. The van der Waals surface area contributed by atoms with E-state index in [0.717, 1.165) is 21.8 Å². The molecule has 3 heterocycles. The second kappa shape index (κ2) is 6.05. The van der Waals surface area contributed by atoms with Gasteiger partial charge in [0.2, 0.25) is 0 Å². The highest BCUT2D eigenvalue weighted by Crippen LogP contribution is 2.33. The van der Waals surface area contributed by atoms with Crippen molar-refractivity contribution in [3.05, 3.63) is 91.5 Å².